The number of hydrogen-bond donors (Lipinski definition) is 1. The third-order valence-corrected chi connectivity index (χ3v) is 4.23. The zero-order valence-electron chi connectivity index (χ0n) is 11.5. The van der Waals surface area contributed by atoms with Crippen molar-refractivity contribution in [3.8, 4) is 16.6 Å². The van der Waals surface area contributed by atoms with Crippen LogP contribution in [0.5, 0.6) is 0 Å². The molecule has 0 radical (unpaired) electrons. The van der Waals surface area contributed by atoms with Gasteiger partial charge in [0.15, 0.2) is 0 Å². The van der Waals surface area contributed by atoms with Gasteiger partial charge in [0.2, 0.25) is 0 Å². The zero-order valence-corrected chi connectivity index (χ0v) is 13.0. The number of nitriles is 1. The van der Waals surface area contributed by atoms with E-state index in [1.165, 1.54) is 11.3 Å². The van der Waals surface area contributed by atoms with Crippen molar-refractivity contribution >= 4 is 28.6 Å². The molecule has 0 fully saturated rings. The summed E-state index contributed by atoms with van der Waals surface area (Å²) in [6, 6.07) is 17.2. The van der Waals surface area contributed by atoms with Gasteiger partial charge in [-0.15, -0.1) is 10.2 Å². The van der Waals surface area contributed by atoms with Crippen LogP contribution >= 0.6 is 22.9 Å². The molecule has 3 rings (SSSR count). The Bertz CT molecular complexity index is 824. The van der Waals surface area contributed by atoms with Gasteiger partial charge in [-0.05, 0) is 18.2 Å². The molecule has 2 aromatic carbocycles. The molecule has 0 saturated heterocycles. The van der Waals surface area contributed by atoms with Crippen LogP contribution in [-0.4, -0.2) is 10.2 Å². The summed E-state index contributed by atoms with van der Waals surface area (Å²) < 4.78 is 0. The lowest BCUT2D eigenvalue weighted by molar-refractivity contribution is 0.992. The number of benzene rings is 2. The van der Waals surface area contributed by atoms with Crippen molar-refractivity contribution in [2.24, 2.45) is 0 Å². The van der Waals surface area contributed by atoms with Crippen molar-refractivity contribution in [2.45, 2.75) is 6.54 Å². The van der Waals surface area contributed by atoms with Gasteiger partial charge in [0.25, 0.3) is 0 Å². The summed E-state index contributed by atoms with van der Waals surface area (Å²) in [5, 5.41) is 23.0. The SMILES string of the molecule is N#Cc1ccc(Cl)cc1NCc1nnc(-c2ccccc2)s1. The van der Waals surface area contributed by atoms with Crippen LogP contribution in [0.2, 0.25) is 5.02 Å². The highest BCUT2D eigenvalue weighted by molar-refractivity contribution is 7.14. The molecule has 0 aliphatic rings. The van der Waals surface area contributed by atoms with Gasteiger partial charge in [-0.3, -0.25) is 0 Å². The topological polar surface area (TPSA) is 61.6 Å². The molecule has 22 heavy (non-hydrogen) atoms. The van der Waals surface area contributed by atoms with Gasteiger partial charge in [0, 0.05) is 10.6 Å². The molecule has 0 bridgehead atoms. The summed E-state index contributed by atoms with van der Waals surface area (Å²) in [6.07, 6.45) is 0. The molecule has 0 saturated carbocycles. The second-order valence-electron chi connectivity index (χ2n) is 4.52. The van der Waals surface area contributed by atoms with Crippen molar-refractivity contribution in [1.29, 1.82) is 5.26 Å². The Morgan fingerprint density at radius 3 is 2.73 bits per heavy atom. The summed E-state index contributed by atoms with van der Waals surface area (Å²) in [6.45, 7) is 0.500. The molecular weight excluding hydrogens is 316 g/mol. The quantitative estimate of drug-likeness (QED) is 0.774. The first-order valence-electron chi connectivity index (χ1n) is 6.57. The molecule has 0 unspecified atom stereocenters. The van der Waals surface area contributed by atoms with Crippen LogP contribution < -0.4 is 5.32 Å². The fourth-order valence-corrected chi connectivity index (χ4v) is 2.91. The summed E-state index contributed by atoms with van der Waals surface area (Å²) in [7, 11) is 0. The molecule has 1 heterocycles. The molecule has 0 aliphatic carbocycles. The van der Waals surface area contributed by atoms with Crippen molar-refractivity contribution < 1.29 is 0 Å². The molecule has 6 heteroatoms. The Labute approximate surface area is 137 Å². The molecule has 0 spiro atoms. The highest BCUT2D eigenvalue weighted by atomic mass is 35.5. The van der Waals surface area contributed by atoms with Gasteiger partial charge in [-0.1, -0.05) is 53.3 Å². The largest absolute Gasteiger partial charge is 0.377 e. The third-order valence-electron chi connectivity index (χ3n) is 3.02. The smallest absolute Gasteiger partial charge is 0.147 e. The summed E-state index contributed by atoms with van der Waals surface area (Å²) >= 11 is 7.49. The van der Waals surface area contributed by atoms with Crippen LogP contribution in [-0.2, 0) is 6.54 Å². The molecule has 0 aliphatic heterocycles. The van der Waals surface area contributed by atoms with Crippen LogP contribution in [0.15, 0.2) is 48.5 Å². The minimum absolute atomic E-state index is 0.500. The Morgan fingerprint density at radius 1 is 1.14 bits per heavy atom. The Morgan fingerprint density at radius 2 is 1.95 bits per heavy atom. The number of hydrogen-bond acceptors (Lipinski definition) is 5. The van der Waals surface area contributed by atoms with E-state index in [2.05, 4.69) is 21.6 Å². The fourth-order valence-electron chi connectivity index (χ4n) is 1.95. The first-order valence-corrected chi connectivity index (χ1v) is 7.77. The average molecular weight is 327 g/mol. The number of aromatic nitrogens is 2. The van der Waals surface area contributed by atoms with E-state index in [9.17, 15) is 0 Å². The van der Waals surface area contributed by atoms with E-state index in [1.54, 1.807) is 18.2 Å². The normalized spacial score (nSPS) is 10.2. The van der Waals surface area contributed by atoms with E-state index in [1.807, 2.05) is 30.3 Å². The van der Waals surface area contributed by atoms with Gasteiger partial charge < -0.3 is 5.32 Å². The van der Waals surface area contributed by atoms with Gasteiger partial charge in [0.1, 0.15) is 16.1 Å². The minimum atomic E-state index is 0.500. The van der Waals surface area contributed by atoms with Gasteiger partial charge >= 0.3 is 0 Å². The maximum Gasteiger partial charge on any atom is 0.147 e. The first kappa shape index (κ1) is 14.5. The molecular formula is C16H11ClN4S. The van der Waals surface area contributed by atoms with Crippen LogP contribution in [0.25, 0.3) is 10.6 Å². The average Bonchev–Trinajstić information content (AvgIpc) is 3.03. The molecule has 4 nitrogen and oxygen atoms in total. The second kappa shape index (κ2) is 6.56. The highest BCUT2D eigenvalue weighted by Crippen LogP contribution is 2.25. The number of nitrogens with one attached hydrogen (secondary N) is 1. The van der Waals surface area contributed by atoms with Gasteiger partial charge in [-0.25, -0.2) is 0 Å². The highest BCUT2D eigenvalue weighted by Gasteiger charge is 2.08. The first-order chi connectivity index (χ1) is 10.8. The van der Waals surface area contributed by atoms with E-state index in [-0.39, 0.29) is 0 Å². The number of nitrogens with zero attached hydrogens (tertiary/aromatic N) is 3. The predicted molar refractivity (Wildman–Crippen MR) is 88.8 cm³/mol. The van der Waals surface area contributed by atoms with E-state index in [4.69, 9.17) is 16.9 Å². The second-order valence-corrected chi connectivity index (χ2v) is 6.02. The van der Waals surface area contributed by atoms with Crippen LogP contribution in [0.3, 0.4) is 0 Å². The van der Waals surface area contributed by atoms with Gasteiger partial charge in [0.05, 0.1) is 17.8 Å². The lowest BCUT2D eigenvalue weighted by atomic mass is 10.2. The number of rotatable bonds is 4. The lowest BCUT2D eigenvalue weighted by Crippen LogP contribution is -2.01. The van der Waals surface area contributed by atoms with E-state index in [0.29, 0.717) is 22.8 Å². The van der Waals surface area contributed by atoms with Crippen molar-refractivity contribution in [1.82, 2.24) is 10.2 Å². The summed E-state index contributed by atoms with van der Waals surface area (Å²) in [4.78, 5) is 0. The van der Waals surface area contributed by atoms with Crippen LogP contribution in [0, 0.1) is 11.3 Å². The molecule has 1 N–H and O–H groups in total. The lowest BCUT2D eigenvalue weighted by Gasteiger charge is -2.06. The summed E-state index contributed by atoms with van der Waals surface area (Å²) in [5.41, 5.74) is 2.30. The number of halogens is 1. The van der Waals surface area contributed by atoms with Crippen molar-refractivity contribution in [2.75, 3.05) is 5.32 Å². The van der Waals surface area contributed by atoms with Crippen LogP contribution in [0.1, 0.15) is 10.6 Å². The molecule has 3 aromatic rings. The molecule has 0 atom stereocenters. The van der Waals surface area contributed by atoms with Crippen LogP contribution in [0.4, 0.5) is 5.69 Å². The van der Waals surface area contributed by atoms with Gasteiger partial charge in [-0.2, -0.15) is 5.26 Å². The predicted octanol–water partition coefficient (Wildman–Crippen LogP) is 4.34. The maximum atomic E-state index is 9.10. The number of anilines is 1. The van der Waals surface area contributed by atoms with E-state index in [0.717, 1.165) is 15.6 Å². The van der Waals surface area contributed by atoms with Crippen molar-refractivity contribution in [3.05, 3.63) is 64.1 Å². The molecule has 108 valence electrons. The van der Waals surface area contributed by atoms with E-state index < -0.39 is 0 Å². The monoisotopic (exact) mass is 326 g/mol. The Hall–Kier alpha value is -2.42. The molecule has 1 aromatic heterocycles. The Kier molecular flexibility index (Phi) is 4.33. The zero-order chi connectivity index (χ0) is 15.4. The summed E-state index contributed by atoms with van der Waals surface area (Å²) in [5.74, 6) is 0. The Balaban J connectivity index is 1.74. The molecule has 0 amide bonds. The standard InChI is InChI=1S/C16H11ClN4S/c17-13-7-6-12(9-18)14(8-13)19-10-15-20-21-16(22-15)11-4-2-1-3-5-11/h1-8,19H,10H2. The maximum absolute atomic E-state index is 9.10. The van der Waals surface area contributed by atoms with E-state index >= 15 is 0 Å². The minimum Gasteiger partial charge on any atom is -0.377 e. The fraction of sp³-hybridized carbons (Fsp3) is 0.0625. The third kappa shape index (κ3) is 3.25. The van der Waals surface area contributed by atoms with Crippen molar-refractivity contribution in [3.63, 3.8) is 0 Å².